The molecule has 0 spiro atoms. The van der Waals surface area contributed by atoms with Crippen LogP contribution in [0.15, 0.2) is 41.2 Å². The number of fused-ring (bicyclic) bond motifs is 2. The first-order valence-electron chi connectivity index (χ1n) is 8.18. The van der Waals surface area contributed by atoms with Crippen LogP contribution < -0.4 is 5.43 Å². The van der Waals surface area contributed by atoms with Gasteiger partial charge in [0.25, 0.3) is 0 Å². The zero-order chi connectivity index (χ0) is 17.0. The topological polar surface area (TPSA) is 32.9 Å². The van der Waals surface area contributed by atoms with Crippen LogP contribution in [0.2, 0.25) is 0 Å². The molecule has 1 aromatic heterocycles. The highest BCUT2D eigenvalue weighted by atomic mass is 16.1. The summed E-state index contributed by atoms with van der Waals surface area (Å²) in [5, 5.41) is 1.55. The number of benzene rings is 2. The molecule has 3 aromatic rings. The fourth-order valence-electron chi connectivity index (χ4n) is 2.91. The third kappa shape index (κ3) is 2.78. The van der Waals surface area contributed by atoms with Crippen LogP contribution in [-0.2, 0) is 10.8 Å². The quantitative estimate of drug-likeness (QED) is 0.563. The molecule has 0 aliphatic rings. The number of pyridine rings is 1. The van der Waals surface area contributed by atoms with Crippen molar-refractivity contribution < 1.29 is 0 Å². The Morgan fingerprint density at radius 3 is 1.43 bits per heavy atom. The first-order valence-corrected chi connectivity index (χ1v) is 8.18. The largest absolute Gasteiger partial charge is 0.354 e. The second kappa shape index (κ2) is 4.95. The van der Waals surface area contributed by atoms with Gasteiger partial charge in [0.15, 0.2) is 5.43 Å². The van der Waals surface area contributed by atoms with E-state index in [1.807, 2.05) is 24.3 Å². The maximum Gasteiger partial charge on any atom is 0.197 e. The smallest absolute Gasteiger partial charge is 0.197 e. The predicted molar refractivity (Wildman–Crippen MR) is 99.5 cm³/mol. The van der Waals surface area contributed by atoms with Crippen molar-refractivity contribution >= 4 is 21.8 Å². The van der Waals surface area contributed by atoms with E-state index < -0.39 is 0 Å². The molecule has 0 saturated heterocycles. The molecule has 0 amide bonds. The van der Waals surface area contributed by atoms with E-state index in [0.29, 0.717) is 0 Å². The minimum Gasteiger partial charge on any atom is -0.354 e. The molecule has 2 aromatic carbocycles. The van der Waals surface area contributed by atoms with Gasteiger partial charge in [0.05, 0.1) is 0 Å². The van der Waals surface area contributed by atoms with E-state index in [-0.39, 0.29) is 16.3 Å². The lowest BCUT2D eigenvalue weighted by Gasteiger charge is -2.20. The van der Waals surface area contributed by atoms with Gasteiger partial charge in [0, 0.05) is 21.8 Å². The zero-order valence-corrected chi connectivity index (χ0v) is 14.9. The summed E-state index contributed by atoms with van der Waals surface area (Å²) in [6.45, 7) is 13.0. The van der Waals surface area contributed by atoms with Crippen molar-refractivity contribution in [1.29, 1.82) is 0 Å². The van der Waals surface area contributed by atoms with Crippen LogP contribution in [0.4, 0.5) is 0 Å². The third-order valence-corrected chi connectivity index (χ3v) is 4.53. The monoisotopic (exact) mass is 307 g/mol. The minimum absolute atomic E-state index is 0.0306. The molecule has 23 heavy (non-hydrogen) atoms. The second-order valence-corrected chi connectivity index (χ2v) is 8.47. The normalized spacial score (nSPS) is 13.0. The van der Waals surface area contributed by atoms with Crippen molar-refractivity contribution in [3.05, 3.63) is 57.7 Å². The zero-order valence-electron chi connectivity index (χ0n) is 14.9. The van der Waals surface area contributed by atoms with Gasteiger partial charge in [-0.2, -0.15) is 0 Å². The van der Waals surface area contributed by atoms with Gasteiger partial charge in [-0.25, -0.2) is 0 Å². The number of rotatable bonds is 0. The van der Waals surface area contributed by atoms with Crippen molar-refractivity contribution in [2.45, 2.75) is 52.4 Å². The Kier molecular flexibility index (Phi) is 3.40. The molecule has 2 heteroatoms. The van der Waals surface area contributed by atoms with E-state index in [9.17, 15) is 4.79 Å². The van der Waals surface area contributed by atoms with Crippen molar-refractivity contribution in [3.63, 3.8) is 0 Å². The van der Waals surface area contributed by atoms with E-state index in [2.05, 4.69) is 58.7 Å². The molecule has 0 aliphatic heterocycles. The molecule has 0 fully saturated rings. The molecule has 120 valence electrons. The molecule has 1 N–H and O–H groups in total. The highest BCUT2D eigenvalue weighted by Crippen LogP contribution is 2.27. The van der Waals surface area contributed by atoms with E-state index in [0.717, 1.165) is 21.8 Å². The van der Waals surface area contributed by atoms with Crippen LogP contribution in [0.3, 0.4) is 0 Å². The Morgan fingerprint density at radius 2 is 1.09 bits per heavy atom. The number of hydrogen-bond donors (Lipinski definition) is 1. The first-order chi connectivity index (χ1) is 10.6. The lowest BCUT2D eigenvalue weighted by molar-refractivity contribution is 0.591. The van der Waals surface area contributed by atoms with Crippen LogP contribution in [0.1, 0.15) is 52.7 Å². The summed E-state index contributed by atoms with van der Waals surface area (Å²) in [6.07, 6.45) is 0. The van der Waals surface area contributed by atoms with Crippen LogP contribution in [0, 0.1) is 0 Å². The molecule has 1 heterocycles. The molecule has 3 rings (SSSR count). The van der Waals surface area contributed by atoms with E-state index in [1.54, 1.807) is 0 Å². The highest BCUT2D eigenvalue weighted by Gasteiger charge is 2.17. The van der Waals surface area contributed by atoms with Crippen LogP contribution >= 0.6 is 0 Å². The van der Waals surface area contributed by atoms with Gasteiger partial charge in [-0.05, 0) is 46.2 Å². The Bertz CT molecular complexity index is 875. The molecule has 0 radical (unpaired) electrons. The van der Waals surface area contributed by atoms with Gasteiger partial charge in [0.1, 0.15) is 0 Å². The molecular formula is C21H25NO. The van der Waals surface area contributed by atoms with Crippen molar-refractivity contribution in [2.75, 3.05) is 0 Å². The molecule has 0 aliphatic carbocycles. The summed E-state index contributed by atoms with van der Waals surface area (Å²) in [5.74, 6) is 0. The summed E-state index contributed by atoms with van der Waals surface area (Å²) < 4.78 is 0. The number of aromatic amines is 1. The molecule has 0 atom stereocenters. The fraction of sp³-hybridized carbons (Fsp3) is 0.381. The van der Waals surface area contributed by atoms with Crippen molar-refractivity contribution in [3.8, 4) is 0 Å². The minimum atomic E-state index is 0.0306. The number of H-pyrrole nitrogens is 1. The van der Waals surface area contributed by atoms with E-state index >= 15 is 0 Å². The first kappa shape index (κ1) is 15.8. The average molecular weight is 307 g/mol. The molecular weight excluding hydrogens is 282 g/mol. The van der Waals surface area contributed by atoms with Gasteiger partial charge in [-0.15, -0.1) is 0 Å². The van der Waals surface area contributed by atoms with Gasteiger partial charge >= 0.3 is 0 Å². The SMILES string of the molecule is CC(C)(C)c1ccc2[nH]c3ccc(C(C)(C)C)cc3c(=O)c2c1. The summed E-state index contributed by atoms with van der Waals surface area (Å²) in [4.78, 5) is 16.4. The Morgan fingerprint density at radius 1 is 0.696 bits per heavy atom. The summed E-state index contributed by atoms with van der Waals surface area (Å²) in [5.41, 5.74) is 4.35. The van der Waals surface area contributed by atoms with Crippen molar-refractivity contribution in [1.82, 2.24) is 4.98 Å². The highest BCUT2D eigenvalue weighted by molar-refractivity contribution is 5.93. The van der Waals surface area contributed by atoms with Crippen LogP contribution in [-0.4, -0.2) is 4.98 Å². The van der Waals surface area contributed by atoms with Crippen LogP contribution in [0.25, 0.3) is 21.8 Å². The van der Waals surface area contributed by atoms with Crippen molar-refractivity contribution in [2.24, 2.45) is 0 Å². The molecule has 0 bridgehead atoms. The number of nitrogens with one attached hydrogen (secondary N) is 1. The van der Waals surface area contributed by atoms with Gasteiger partial charge in [0.2, 0.25) is 0 Å². The van der Waals surface area contributed by atoms with Gasteiger partial charge in [-0.3, -0.25) is 4.79 Å². The standard InChI is InChI=1S/C21H25NO/c1-20(2,3)13-7-9-17-15(11-13)19(23)16-12-14(21(4,5)6)8-10-18(16)22-17/h7-12H,1-6H3,(H,22,23). The molecule has 2 nitrogen and oxygen atoms in total. The third-order valence-electron chi connectivity index (χ3n) is 4.53. The maximum absolute atomic E-state index is 13.0. The van der Waals surface area contributed by atoms with Gasteiger partial charge < -0.3 is 4.98 Å². The maximum atomic E-state index is 13.0. The molecule has 0 unspecified atom stereocenters. The van der Waals surface area contributed by atoms with Gasteiger partial charge in [-0.1, -0.05) is 53.7 Å². The molecule has 0 saturated carbocycles. The van der Waals surface area contributed by atoms with E-state index in [4.69, 9.17) is 0 Å². The Balaban J connectivity index is 2.36. The summed E-state index contributed by atoms with van der Waals surface area (Å²) in [6, 6.07) is 12.3. The lowest BCUT2D eigenvalue weighted by Crippen LogP contribution is -2.14. The number of hydrogen-bond acceptors (Lipinski definition) is 1. The average Bonchev–Trinajstić information content (AvgIpc) is 2.45. The Hall–Kier alpha value is -2.09. The van der Waals surface area contributed by atoms with Crippen LogP contribution in [0.5, 0.6) is 0 Å². The summed E-state index contributed by atoms with van der Waals surface area (Å²) in [7, 11) is 0. The van der Waals surface area contributed by atoms with E-state index in [1.165, 1.54) is 11.1 Å². The second-order valence-electron chi connectivity index (χ2n) is 8.47. The predicted octanol–water partition coefficient (Wildman–Crippen LogP) is 5.28. The summed E-state index contributed by atoms with van der Waals surface area (Å²) >= 11 is 0. The fourth-order valence-corrected chi connectivity index (χ4v) is 2.91. The number of aromatic nitrogens is 1. The Labute approximate surface area is 137 Å². The lowest BCUT2D eigenvalue weighted by atomic mass is 9.85.